The van der Waals surface area contributed by atoms with Crippen molar-refractivity contribution in [3.8, 4) is 33.9 Å². The molecule has 1 heterocycles. The monoisotopic (exact) mass is 488 g/mol. The molecule has 0 radical (unpaired) electrons. The maximum Gasteiger partial charge on any atom is 0.446 e. The quantitative estimate of drug-likeness (QED) is 0.239. The van der Waals surface area contributed by atoms with Crippen molar-refractivity contribution in [2.45, 2.75) is 10.4 Å². The molecular formula is C28H19F3N2OS. The summed E-state index contributed by atoms with van der Waals surface area (Å²) < 4.78 is 42.4. The molecule has 5 aromatic rings. The van der Waals surface area contributed by atoms with Crippen LogP contribution in [0.15, 0.2) is 125 Å². The van der Waals surface area contributed by atoms with Crippen molar-refractivity contribution >= 4 is 11.8 Å². The lowest BCUT2D eigenvalue weighted by Gasteiger charge is -2.13. The maximum absolute atomic E-state index is 14.1. The average molecular weight is 489 g/mol. The summed E-state index contributed by atoms with van der Waals surface area (Å²) in [7, 11) is 0. The Bertz CT molecular complexity index is 1510. The van der Waals surface area contributed by atoms with Crippen LogP contribution >= 0.6 is 11.8 Å². The van der Waals surface area contributed by atoms with Gasteiger partial charge in [0.05, 0.1) is 22.8 Å². The van der Waals surface area contributed by atoms with Gasteiger partial charge in [-0.3, -0.25) is 9.13 Å². The van der Waals surface area contributed by atoms with Crippen molar-refractivity contribution in [2.24, 2.45) is 0 Å². The zero-order valence-corrected chi connectivity index (χ0v) is 19.1. The number of hydrogen-bond acceptors (Lipinski definition) is 2. The van der Waals surface area contributed by atoms with E-state index in [0.29, 0.717) is 22.8 Å². The van der Waals surface area contributed by atoms with Gasteiger partial charge in [-0.1, -0.05) is 84.9 Å². The van der Waals surface area contributed by atoms with Crippen molar-refractivity contribution in [3.05, 3.63) is 126 Å². The summed E-state index contributed by atoms with van der Waals surface area (Å²) in [6, 6.07) is 34.1. The molecule has 35 heavy (non-hydrogen) atoms. The van der Waals surface area contributed by atoms with Crippen molar-refractivity contribution in [3.63, 3.8) is 0 Å². The molecule has 0 atom stereocenters. The predicted octanol–water partition coefficient (Wildman–Crippen LogP) is 7.57. The van der Waals surface area contributed by atoms with E-state index in [-0.39, 0.29) is 22.3 Å². The Morgan fingerprint density at radius 2 is 1.03 bits per heavy atom. The second kappa shape index (κ2) is 9.35. The minimum Gasteiger partial charge on any atom is -0.260 e. The van der Waals surface area contributed by atoms with Crippen LogP contribution in [0.3, 0.4) is 0 Å². The van der Waals surface area contributed by atoms with Crippen LogP contribution in [0.2, 0.25) is 0 Å². The Balaban J connectivity index is 1.88. The first-order chi connectivity index (χ1) is 16.9. The highest BCUT2D eigenvalue weighted by atomic mass is 32.2. The molecule has 0 unspecified atom stereocenters. The third-order valence-corrected chi connectivity index (χ3v) is 6.19. The third kappa shape index (κ3) is 4.68. The lowest BCUT2D eigenvalue weighted by atomic mass is 10.0. The van der Waals surface area contributed by atoms with Gasteiger partial charge in [-0.25, -0.2) is 4.79 Å². The number of para-hydroxylation sites is 1. The highest BCUT2D eigenvalue weighted by Crippen LogP contribution is 2.39. The van der Waals surface area contributed by atoms with Gasteiger partial charge in [0.15, 0.2) is 0 Å². The molecule has 4 aromatic carbocycles. The number of imidazole rings is 1. The van der Waals surface area contributed by atoms with E-state index < -0.39 is 5.51 Å². The molecule has 0 N–H and O–H groups in total. The summed E-state index contributed by atoms with van der Waals surface area (Å²) in [5.41, 5.74) is -0.955. The zero-order chi connectivity index (χ0) is 24.4. The molecule has 0 aliphatic rings. The largest absolute Gasteiger partial charge is 0.446 e. The van der Waals surface area contributed by atoms with Gasteiger partial charge in [0.25, 0.3) is 0 Å². The molecule has 5 rings (SSSR count). The predicted molar refractivity (Wildman–Crippen MR) is 134 cm³/mol. The fraction of sp³-hybridized carbons (Fsp3) is 0.0357. The summed E-state index contributed by atoms with van der Waals surface area (Å²) in [6.45, 7) is 0. The van der Waals surface area contributed by atoms with Crippen LogP contribution in [-0.2, 0) is 0 Å². The van der Waals surface area contributed by atoms with E-state index in [1.807, 2.05) is 91.0 Å². The Hall–Kier alpha value is -3.97. The number of thioether (sulfide) groups is 1. The van der Waals surface area contributed by atoms with Crippen LogP contribution in [0.5, 0.6) is 0 Å². The van der Waals surface area contributed by atoms with Gasteiger partial charge >= 0.3 is 11.2 Å². The number of rotatable bonds is 5. The van der Waals surface area contributed by atoms with Gasteiger partial charge in [0, 0.05) is 16.0 Å². The number of aromatic nitrogens is 2. The van der Waals surface area contributed by atoms with Crippen LogP contribution in [0.4, 0.5) is 13.2 Å². The van der Waals surface area contributed by atoms with Crippen LogP contribution < -0.4 is 5.69 Å². The molecule has 0 amide bonds. The second-order valence-electron chi connectivity index (χ2n) is 7.76. The Morgan fingerprint density at radius 1 is 0.571 bits per heavy atom. The number of nitrogens with zero attached hydrogens (tertiary/aromatic N) is 2. The Labute approximate surface area is 204 Å². The van der Waals surface area contributed by atoms with E-state index in [4.69, 9.17) is 0 Å². The first kappa shape index (κ1) is 22.8. The highest BCUT2D eigenvalue weighted by molar-refractivity contribution is 8.00. The SMILES string of the molecule is O=c1n(-c2ccccc2)c(-c2ccccc2)c(-c2ccccc2)n1-c1cccc(SC(F)(F)F)c1. The molecule has 0 spiro atoms. The average Bonchev–Trinajstić information content (AvgIpc) is 3.17. The molecule has 1 aromatic heterocycles. The van der Waals surface area contributed by atoms with Gasteiger partial charge in [-0.15, -0.1) is 0 Å². The summed E-state index contributed by atoms with van der Waals surface area (Å²) >= 11 is -0.201. The lowest BCUT2D eigenvalue weighted by Crippen LogP contribution is -2.22. The van der Waals surface area contributed by atoms with Crippen molar-refractivity contribution < 1.29 is 13.2 Å². The van der Waals surface area contributed by atoms with E-state index in [2.05, 4.69) is 0 Å². The first-order valence-corrected chi connectivity index (χ1v) is 11.6. The number of alkyl halides is 3. The molecule has 0 aliphatic heterocycles. The molecule has 0 saturated carbocycles. The first-order valence-electron chi connectivity index (χ1n) is 10.8. The minimum absolute atomic E-state index is 0.00892. The molecule has 0 fully saturated rings. The maximum atomic E-state index is 14.1. The molecule has 0 saturated heterocycles. The zero-order valence-electron chi connectivity index (χ0n) is 18.3. The van der Waals surface area contributed by atoms with E-state index in [9.17, 15) is 18.0 Å². The van der Waals surface area contributed by atoms with Crippen LogP contribution in [-0.4, -0.2) is 14.6 Å². The highest BCUT2D eigenvalue weighted by Gasteiger charge is 2.30. The van der Waals surface area contributed by atoms with Crippen LogP contribution in [0.1, 0.15) is 0 Å². The fourth-order valence-corrected chi connectivity index (χ4v) is 4.70. The van der Waals surface area contributed by atoms with E-state index in [0.717, 1.165) is 11.1 Å². The molecule has 174 valence electrons. The van der Waals surface area contributed by atoms with Gasteiger partial charge in [-0.05, 0) is 42.1 Å². The van der Waals surface area contributed by atoms with E-state index in [1.54, 1.807) is 10.6 Å². The molecule has 0 bridgehead atoms. The third-order valence-electron chi connectivity index (χ3n) is 5.47. The number of benzene rings is 4. The summed E-state index contributed by atoms with van der Waals surface area (Å²) in [4.78, 5) is 14.1. The minimum atomic E-state index is -4.43. The topological polar surface area (TPSA) is 26.9 Å². The van der Waals surface area contributed by atoms with Crippen molar-refractivity contribution in [2.75, 3.05) is 0 Å². The Kier molecular flexibility index (Phi) is 6.09. The Morgan fingerprint density at radius 3 is 1.54 bits per heavy atom. The van der Waals surface area contributed by atoms with Crippen LogP contribution in [0.25, 0.3) is 33.9 Å². The summed E-state index contributed by atoms with van der Waals surface area (Å²) in [6.07, 6.45) is 0. The standard InChI is InChI=1S/C28H19F3N2OS/c29-28(30,31)35-24-18-10-17-23(19-24)33-26(21-13-6-2-7-14-21)25(20-11-4-1-5-12-20)32(27(33)34)22-15-8-3-9-16-22/h1-19H. The smallest absolute Gasteiger partial charge is 0.260 e. The number of hydrogen-bond donors (Lipinski definition) is 0. The lowest BCUT2D eigenvalue weighted by molar-refractivity contribution is -0.0328. The molecule has 7 heteroatoms. The molecule has 3 nitrogen and oxygen atoms in total. The van der Waals surface area contributed by atoms with E-state index >= 15 is 0 Å². The normalized spacial score (nSPS) is 11.5. The van der Waals surface area contributed by atoms with Crippen LogP contribution in [0, 0.1) is 0 Å². The van der Waals surface area contributed by atoms with E-state index in [1.165, 1.54) is 22.8 Å². The summed E-state index contributed by atoms with van der Waals surface area (Å²) in [5.74, 6) is 0. The van der Waals surface area contributed by atoms with Gasteiger partial charge in [0.2, 0.25) is 0 Å². The second-order valence-corrected chi connectivity index (χ2v) is 8.90. The van der Waals surface area contributed by atoms with Crippen molar-refractivity contribution in [1.82, 2.24) is 9.13 Å². The molecule has 0 aliphatic carbocycles. The number of halogens is 3. The molecular weight excluding hydrogens is 469 g/mol. The van der Waals surface area contributed by atoms with Gasteiger partial charge in [-0.2, -0.15) is 13.2 Å². The summed E-state index contributed by atoms with van der Waals surface area (Å²) in [5, 5.41) is 0. The van der Waals surface area contributed by atoms with Gasteiger partial charge < -0.3 is 0 Å². The van der Waals surface area contributed by atoms with Crippen molar-refractivity contribution in [1.29, 1.82) is 0 Å². The fourth-order valence-electron chi connectivity index (χ4n) is 4.10. The van der Waals surface area contributed by atoms with Gasteiger partial charge in [0.1, 0.15) is 0 Å².